The summed E-state index contributed by atoms with van der Waals surface area (Å²) < 4.78 is 33.7. The summed E-state index contributed by atoms with van der Waals surface area (Å²) in [5.41, 5.74) is 5.94. The SMILES string of the molecule is NCC1CN(C(=O)c2ccc(OC(F)F)cc2)CCO1. The lowest BCUT2D eigenvalue weighted by molar-refractivity contribution is -0.0498. The largest absolute Gasteiger partial charge is 0.435 e. The van der Waals surface area contributed by atoms with Crippen LogP contribution < -0.4 is 10.5 Å². The number of nitrogens with two attached hydrogens (primary N) is 1. The van der Waals surface area contributed by atoms with E-state index in [0.717, 1.165) is 0 Å². The normalized spacial score (nSPS) is 19.2. The van der Waals surface area contributed by atoms with Gasteiger partial charge in [0.25, 0.3) is 5.91 Å². The lowest BCUT2D eigenvalue weighted by atomic mass is 10.1. The first-order valence-electron chi connectivity index (χ1n) is 6.26. The molecule has 2 rings (SSSR count). The van der Waals surface area contributed by atoms with Crippen LogP contribution in [0.25, 0.3) is 0 Å². The Labute approximate surface area is 115 Å². The van der Waals surface area contributed by atoms with E-state index in [4.69, 9.17) is 10.5 Å². The summed E-state index contributed by atoms with van der Waals surface area (Å²) in [6.07, 6.45) is -0.158. The third kappa shape index (κ3) is 3.64. The van der Waals surface area contributed by atoms with Gasteiger partial charge in [-0.15, -0.1) is 0 Å². The van der Waals surface area contributed by atoms with Gasteiger partial charge in [-0.05, 0) is 24.3 Å². The average Bonchev–Trinajstić information content (AvgIpc) is 2.47. The highest BCUT2D eigenvalue weighted by Gasteiger charge is 2.24. The van der Waals surface area contributed by atoms with Gasteiger partial charge in [-0.2, -0.15) is 8.78 Å². The zero-order valence-corrected chi connectivity index (χ0v) is 10.8. The fraction of sp³-hybridized carbons (Fsp3) is 0.462. The minimum absolute atomic E-state index is 0.0263. The van der Waals surface area contributed by atoms with E-state index in [1.807, 2.05) is 0 Å². The van der Waals surface area contributed by atoms with Crippen LogP contribution in [0.1, 0.15) is 10.4 Å². The van der Waals surface area contributed by atoms with Gasteiger partial charge in [-0.1, -0.05) is 0 Å². The lowest BCUT2D eigenvalue weighted by Crippen LogP contribution is -2.48. The monoisotopic (exact) mass is 286 g/mol. The van der Waals surface area contributed by atoms with E-state index in [-0.39, 0.29) is 17.8 Å². The van der Waals surface area contributed by atoms with Crippen molar-refractivity contribution in [2.75, 3.05) is 26.2 Å². The molecule has 1 fully saturated rings. The van der Waals surface area contributed by atoms with Gasteiger partial charge in [0, 0.05) is 25.2 Å². The Balaban J connectivity index is 2.01. The molecule has 2 N–H and O–H groups in total. The van der Waals surface area contributed by atoms with Gasteiger partial charge in [-0.25, -0.2) is 0 Å². The molecule has 0 aromatic heterocycles. The Morgan fingerprint density at radius 1 is 1.45 bits per heavy atom. The number of nitrogens with zero attached hydrogens (tertiary/aromatic N) is 1. The molecular formula is C13H16F2N2O3. The number of ether oxygens (including phenoxy) is 2. The summed E-state index contributed by atoms with van der Waals surface area (Å²) in [4.78, 5) is 13.9. The molecule has 0 bridgehead atoms. The fourth-order valence-corrected chi connectivity index (χ4v) is 2.01. The minimum atomic E-state index is -2.87. The molecule has 1 unspecified atom stereocenters. The predicted octanol–water partition coefficient (Wildman–Crippen LogP) is 1.09. The zero-order valence-electron chi connectivity index (χ0n) is 10.8. The maximum Gasteiger partial charge on any atom is 0.387 e. The van der Waals surface area contributed by atoms with Crippen molar-refractivity contribution >= 4 is 5.91 Å². The molecule has 0 radical (unpaired) electrons. The molecule has 1 heterocycles. The highest BCUT2D eigenvalue weighted by molar-refractivity contribution is 5.94. The highest BCUT2D eigenvalue weighted by Crippen LogP contribution is 2.17. The lowest BCUT2D eigenvalue weighted by Gasteiger charge is -2.32. The first-order chi connectivity index (χ1) is 9.60. The van der Waals surface area contributed by atoms with Gasteiger partial charge in [-0.3, -0.25) is 4.79 Å². The van der Waals surface area contributed by atoms with Crippen LogP contribution in [-0.2, 0) is 4.74 Å². The molecule has 1 amide bonds. The summed E-state index contributed by atoms with van der Waals surface area (Å²) in [5, 5.41) is 0. The van der Waals surface area contributed by atoms with Crippen LogP contribution in [0.3, 0.4) is 0 Å². The van der Waals surface area contributed by atoms with E-state index >= 15 is 0 Å². The van der Waals surface area contributed by atoms with Crippen LogP contribution >= 0.6 is 0 Å². The number of benzene rings is 1. The van der Waals surface area contributed by atoms with E-state index in [1.165, 1.54) is 24.3 Å². The van der Waals surface area contributed by atoms with Gasteiger partial charge < -0.3 is 20.1 Å². The van der Waals surface area contributed by atoms with Gasteiger partial charge >= 0.3 is 6.61 Å². The topological polar surface area (TPSA) is 64.8 Å². The van der Waals surface area contributed by atoms with Crippen LogP contribution in [-0.4, -0.2) is 49.8 Å². The molecule has 1 atom stereocenters. The van der Waals surface area contributed by atoms with Crippen LogP contribution in [0.15, 0.2) is 24.3 Å². The summed E-state index contributed by atoms with van der Waals surface area (Å²) in [5.74, 6) is -0.145. The van der Waals surface area contributed by atoms with Crippen LogP contribution in [0.4, 0.5) is 8.78 Å². The van der Waals surface area contributed by atoms with E-state index in [0.29, 0.717) is 31.8 Å². The van der Waals surface area contributed by atoms with E-state index in [2.05, 4.69) is 4.74 Å². The molecule has 110 valence electrons. The van der Waals surface area contributed by atoms with E-state index < -0.39 is 6.61 Å². The summed E-state index contributed by atoms with van der Waals surface area (Å²) in [6, 6.07) is 5.63. The Morgan fingerprint density at radius 2 is 2.15 bits per heavy atom. The second-order valence-electron chi connectivity index (χ2n) is 4.38. The van der Waals surface area contributed by atoms with Crippen molar-refractivity contribution < 1.29 is 23.0 Å². The van der Waals surface area contributed by atoms with Crippen molar-refractivity contribution in [2.24, 2.45) is 5.73 Å². The Hall–Kier alpha value is -1.73. The molecule has 1 aliphatic heterocycles. The third-order valence-corrected chi connectivity index (χ3v) is 3.02. The Morgan fingerprint density at radius 3 is 2.75 bits per heavy atom. The van der Waals surface area contributed by atoms with Gasteiger partial charge in [0.2, 0.25) is 0 Å². The Kier molecular flexibility index (Phi) is 4.86. The minimum Gasteiger partial charge on any atom is -0.435 e. The maximum absolute atomic E-state index is 12.2. The maximum atomic E-state index is 12.2. The van der Waals surface area contributed by atoms with Crippen molar-refractivity contribution in [2.45, 2.75) is 12.7 Å². The quantitative estimate of drug-likeness (QED) is 0.900. The molecule has 7 heteroatoms. The predicted molar refractivity (Wildman–Crippen MR) is 67.8 cm³/mol. The molecule has 1 aliphatic rings. The zero-order chi connectivity index (χ0) is 14.5. The van der Waals surface area contributed by atoms with Crippen LogP contribution in [0, 0.1) is 0 Å². The van der Waals surface area contributed by atoms with Crippen molar-refractivity contribution in [1.82, 2.24) is 4.90 Å². The molecule has 5 nitrogen and oxygen atoms in total. The molecule has 1 aromatic carbocycles. The summed E-state index contributed by atoms with van der Waals surface area (Å²) in [7, 11) is 0. The second kappa shape index (κ2) is 6.62. The number of carbonyl (C=O) groups is 1. The van der Waals surface area contributed by atoms with Crippen molar-refractivity contribution in [3.63, 3.8) is 0 Å². The molecular weight excluding hydrogens is 270 g/mol. The molecule has 0 aliphatic carbocycles. The number of hydrogen-bond donors (Lipinski definition) is 1. The number of carbonyl (C=O) groups excluding carboxylic acids is 1. The number of alkyl halides is 2. The Bertz CT molecular complexity index is 453. The number of halogens is 2. The average molecular weight is 286 g/mol. The van der Waals surface area contributed by atoms with Crippen LogP contribution in [0.5, 0.6) is 5.75 Å². The highest BCUT2D eigenvalue weighted by atomic mass is 19.3. The van der Waals surface area contributed by atoms with Crippen molar-refractivity contribution in [3.05, 3.63) is 29.8 Å². The number of amides is 1. The summed E-state index contributed by atoms with van der Waals surface area (Å²) >= 11 is 0. The van der Waals surface area contributed by atoms with Crippen molar-refractivity contribution in [3.8, 4) is 5.75 Å². The van der Waals surface area contributed by atoms with Crippen molar-refractivity contribution in [1.29, 1.82) is 0 Å². The van der Waals surface area contributed by atoms with Gasteiger partial charge in [0.15, 0.2) is 0 Å². The summed E-state index contributed by atoms with van der Waals surface area (Å²) in [6.45, 7) is -1.15. The molecule has 1 aromatic rings. The second-order valence-corrected chi connectivity index (χ2v) is 4.38. The molecule has 0 spiro atoms. The molecule has 0 saturated carbocycles. The first-order valence-corrected chi connectivity index (χ1v) is 6.26. The molecule has 1 saturated heterocycles. The number of rotatable bonds is 4. The standard InChI is InChI=1S/C13H16F2N2O3/c14-13(15)20-10-3-1-9(2-4-10)12(18)17-5-6-19-11(7-16)8-17/h1-4,11,13H,5-8,16H2. The number of morpholine rings is 1. The third-order valence-electron chi connectivity index (χ3n) is 3.02. The first kappa shape index (κ1) is 14.7. The number of hydrogen-bond acceptors (Lipinski definition) is 4. The van der Waals surface area contributed by atoms with Gasteiger partial charge in [0.05, 0.1) is 12.7 Å². The van der Waals surface area contributed by atoms with Crippen LogP contribution in [0.2, 0.25) is 0 Å². The van der Waals surface area contributed by atoms with E-state index in [1.54, 1.807) is 4.90 Å². The van der Waals surface area contributed by atoms with E-state index in [9.17, 15) is 13.6 Å². The fourth-order valence-electron chi connectivity index (χ4n) is 2.01. The smallest absolute Gasteiger partial charge is 0.387 e. The van der Waals surface area contributed by atoms with Gasteiger partial charge in [0.1, 0.15) is 5.75 Å². The molecule has 20 heavy (non-hydrogen) atoms.